The fourth-order valence-corrected chi connectivity index (χ4v) is 1.94. The van der Waals surface area contributed by atoms with Crippen LogP contribution in [0.2, 0.25) is 0 Å². The van der Waals surface area contributed by atoms with Gasteiger partial charge in [-0.05, 0) is 39.0 Å². The normalized spacial score (nSPS) is 10.6. The number of carbonyl (C=O) groups is 2. The maximum absolute atomic E-state index is 11.9. The molecule has 2 aromatic heterocycles. The van der Waals surface area contributed by atoms with Gasteiger partial charge in [-0.25, -0.2) is 4.98 Å². The van der Waals surface area contributed by atoms with Crippen molar-refractivity contribution >= 4 is 17.6 Å². The first-order valence-corrected chi connectivity index (χ1v) is 7.52. The first-order chi connectivity index (χ1) is 11.0. The molecule has 7 nitrogen and oxygen atoms in total. The number of nitrogens with zero attached hydrogens (tertiary/aromatic N) is 3. The highest BCUT2D eigenvalue weighted by Gasteiger charge is 2.11. The summed E-state index contributed by atoms with van der Waals surface area (Å²) in [5.41, 5.74) is 1.18. The molecule has 0 saturated carbocycles. The highest BCUT2D eigenvalue weighted by Crippen LogP contribution is 2.05. The molecule has 0 spiro atoms. The van der Waals surface area contributed by atoms with Crippen LogP contribution in [0.25, 0.3) is 0 Å². The van der Waals surface area contributed by atoms with Gasteiger partial charge in [0.2, 0.25) is 5.91 Å². The Morgan fingerprint density at radius 1 is 1.26 bits per heavy atom. The van der Waals surface area contributed by atoms with Gasteiger partial charge >= 0.3 is 0 Å². The summed E-state index contributed by atoms with van der Waals surface area (Å²) < 4.78 is 1.71. The number of carbonyl (C=O) groups excluding carboxylic acids is 2. The van der Waals surface area contributed by atoms with Crippen molar-refractivity contribution in [2.24, 2.45) is 0 Å². The maximum Gasteiger partial charge on any atom is 0.271 e. The molecule has 122 valence electrons. The molecule has 7 heteroatoms. The Morgan fingerprint density at radius 2 is 2.04 bits per heavy atom. The second-order valence-electron chi connectivity index (χ2n) is 5.49. The summed E-state index contributed by atoms with van der Waals surface area (Å²) in [6, 6.07) is 7.26. The lowest BCUT2D eigenvalue weighted by atomic mass is 10.3. The smallest absolute Gasteiger partial charge is 0.271 e. The molecule has 0 aromatic carbocycles. The summed E-state index contributed by atoms with van der Waals surface area (Å²) in [4.78, 5) is 27.9. The van der Waals surface area contributed by atoms with Crippen LogP contribution in [0.1, 0.15) is 42.5 Å². The largest absolute Gasteiger partial charge is 0.350 e. The number of hydrogen-bond acceptors (Lipinski definition) is 4. The van der Waals surface area contributed by atoms with Crippen molar-refractivity contribution < 1.29 is 9.59 Å². The molecule has 0 aliphatic carbocycles. The minimum absolute atomic E-state index is 0.173. The Bertz CT molecular complexity index is 693. The van der Waals surface area contributed by atoms with Crippen molar-refractivity contribution in [1.29, 1.82) is 0 Å². The molecule has 0 radical (unpaired) electrons. The molecule has 23 heavy (non-hydrogen) atoms. The van der Waals surface area contributed by atoms with Gasteiger partial charge in [0, 0.05) is 30.9 Å². The molecule has 2 rings (SSSR count). The number of anilines is 1. The molecule has 0 bridgehead atoms. The van der Waals surface area contributed by atoms with Crippen LogP contribution in [0.3, 0.4) is 0 Å². The molecular weight excluding hydrogens is 294 g/mol. The average Bonchev–Trinajstić information content (AvgIpc) is 2.97. The van der Waals surface area contributed by atoms with Crippen LogP contribution in [0.4, 0.5) is 5.82 Å². The van der Waals surface area contributed by atoms with Gasteiger partial charge in [-0.2, -0.15) is 5.10 Å². The number of nitrogens with one attached hydrogen (secondary N) is 2. The molecule has 0 aliphatic heterocycles. The van der Waals surface area contributed by atoms with E-state index in [4.69, 9.17) is 0 Å². The predicted molar refractivity (Wildman–Crippen MR) is 87.2 cm³/mol. The zero-order chi connectivity index (χ0) is 16.8. The Labute approximate surface area is 135 Å². The van der Waals surface area contributed by atoms with Gasteiger partial charge in [0.15, 0.2) is 0 Å². The van der Waals surface area contributed by atoms with E-state index >= 15 is 0 Å². The summed E-state index contributed by atoms with van der Waals surface area (Å²) in [5, 5.41) is 9.56. The molecule has 0 aliphatic rings. The second kappa shape index (κ2) is 7.53. The SMILES string of the molecule is Cc1cccc(NC(=O)CCNC(=O)c2ccn(C(C)C)n2)n1. The minimum Gasteiger partial charge on any atom is -0.350 e. The number of aryl methyl sites for hydroxylation is 1. The minimum atomic E-state index is -0.286. The number of amides is 2. The molecule has 2 heterocycles. The van der Waals surface area contributed by atoms with E-state index in [2.05, 4.69) is 20.7 Å². The zero-order valence-electron chi connectivity index (χ0n) is 13.5. The Kier molecular flexibility index (Phi) is 5.46. The predicted octanol–water partition coefficient (Wildman–Crippen LogP) is 1.93. The monoisotopic (exact) mass is 315 g/mol. The number of hydrogen-bond donors (Lipinski definition) is 2. The fourth-order valence-electron chi connectivity index (χ4n) is 1.94. The Hall–Kier alpha value is -2.70. The molecule has 0 fully saturated rings. The molecule has 0 unspecified atom stereocenters. The van der Waals surface area contributed by atoms with Gasteiger partial charge in [0.25, 0.3) is 5.91 Å². The molecule has 2 N–H and O–H groups in total. The first kappa shape index (κ1) is 16.7. The van der Waals surface area contributed by atoms with Crippen molar-refractivity contribution in [1.82, 2.24) is 20.1 Å². The van der Waals surface area contributed by atoms with Crippen molar-refractivity contribution in [3.63, 3.8) is 0 Å². The van der Waals surface area contributed by atoms with Crippen LogP contribution >= 0.6 is 0 Å². The van der Waals surface area contributed by atoms with Crippen LogP contribution in [0, 0.1) is 6.92 Å². The lowest BCUT2D eigenvalue weighted by molar-refractivity contribution is -0.116. The van der Waals surface area contributed by atoms with E-state index in [1.807, 2.05) is 32.9 Å². The highest BCUT2D eigenvalue weighted by atomic mass is 16.2. The van der Waals surface area contributed by atoms with Crippen LogP contribution < -0.4 is 10.6 Å². The molecule has 0 atom stereocenters. The summed E-state index contributed by atoms with van der Waals surface area (Å²) in [6.45, 7) is 6.06. The molecule has 0 saturated heterocycles. The van der Waals surface area contributed by atoms with E-state index in [1.54, 1.807) is 23.0 Å². The standard InChI is InChI=1S/C16H21N5O2/c1-11(2)21-10-8-13(20-21)16(23)17-9-7-15(22)19-14-6-4-5-12(3)18-14/h4-6,8,10-11H,7,9H2,1-3H3,(H,17,23)(H,18,19,22). The molecule has 2 amide bonds. The topological polar surface area (TPSA) is 88.9 Å². The third-order valence-corrected chi connectivity index (χ3v) is 3.16. The van der Waals surface area contributed by atoms with Crippen LogP contribution in [0.5, 0.6) is 0 Å². The van der Waals surface area contributed by atoms with Crippen molar-refractivity contribution in [3.8, 4) is 0 Å². The number of pyridine rings is 1. The van der Waals surface area contributed by atoms with E-state index < -0.39 is 0 Å². The lowest BCUT2D eigenvalue weighted by Gasteiger charge is -2.06. The van der Waals surface area contributed by atoms with Gasteiger partial charge in [-0.3, -0.25) is 14.3 Å². The van der Waals surface area contributed by atoms with Gasteiger partial charge < -0.3 is 10.6 Å². The van der Waals surface area contributed by atoms with Crippen LogP contribution in [0.15, 0.2) is 30.5 Å². The van der Waals surface area contributed by atoms with Gasteiger partial charge in [-0.1, -0.05) is 6.07 Å². The molecular formula is C16H21N5O2. The van der Waals surface area contributed by atoms with Crippen LogP contribution in [-0.4, -0.2) is 33.1 Å². The van der Waals surface area contributed by atoms with Crippen molar-refractivity contribution in [2.45, 2.75) is 33.2 Å². The first-order valence-electron chi connectivity index (χ1n) is 7.52. The highest BCUT2D eigenvalue weighted by molar-refractivity contribution is 5.93. The summed E-state index contributed by atoms with van der Waals surface area (Å²) >= 11 is 0. The van der Waals surface area contributed by atoms with E-state index in [9.17, 15) is 9.59 Å². The Morgan fingerprint density at radius 3 is 2.70 bits per heavy atom. The summed E-state index contributed by atoms with van der Waals surface area (Å²) in [7, 11) is 0. The lowest BCUT2D eigenvalue weighted by Crippen LogP contribution is -2.28. The second-order valence-corrected chi connectivity index (χ2v) is 5.49. The van der Waals surface area contributed by atoms with Gasteiger partial charge in [-0.15, -0.1) is 0 Å². The quantitative estimate of drug-likeness (QED) is 0.852. The number of rotatable bonds is 6. The van der Waals surface area contributed by atoms with E-state index in [0.717, 1.165) is 5.69 Å². The number of aromatic nitrogens is 3. The third-order valence-electron chi connectivity index (χ3n) is 3.16. The molecule has 2 aromatic rings. The van der Waals surface area contributed by atoms with Crippen molar-refractivity contribution in [3.05, 3.63) is 41.9 Å². The third kappa shape index (κ3) is 4.91. The summed E-state index contributed by atoms with van der Waals surface area (Å²) in [6.07, 6.45) is 1.93. The van der Waals surface area contributed by atoms with E-state index in [1.165, 1.54) is 0 Å². The fraction of sp³-hybridized carbons (Fsp3) is 0.375. The Balaban J connectivity index is 1.77. The average molecular weight is 315 g/mol. The van der Waals surface area contributed by atoms with Crippen LogP contribution in [-0.2, 0) is 4.79 Å². The van der Waals surface area contributed by atoms with E-state index in [-0.39, 0.29) is 30.8 Å². The zero-order valence-corrected chi connectivity index (χ0v) is 13.5. The summed E-state index contributed by atoms with van der Waals surface area (Å²) in [5.74, 6) is 0.0268. The van der Waals surface area contributed by atoms with Gasteiger partial charge in [0.1, 0.15) is 11.5 Å². The van der Waals surface area contributed by atoms with Crippen molar-refractivity contribution in [2.75, 3.05) is 11.9 Å². The maximum atomic E-state index is 11.9. The van der Waals surface area contributed by atoms with Gasteiger partial charge in [0.05, 0.1) is 0 Å². The van der Waals surface area contributed by atoms with E-state index in [0.29, 0.717) is 11.5 Å².